The van der Waals surface area contributed by atoms with Crippen LogP contribution < -0.4 is 0 Å². The molecule has 1 unspecified atom stereocenters. The topological polar surface area (TPSA) is 54.4 Å². The fraction of sp³-hybridized carbons (Fsp3) is 0.818. The Labute approximate surface area is 83.5 Å². The number of aliphatic hydroxyl groups excluding tert-OH is 1. The molecule has 0 aromatic rings. The van der Waals surface area contributed by atoms with Gasteiger partial charge >= 0.3 is 0 Å². The van der Waals surface area contributed by atoms with Crippen LogP contribution in [0, 0.1) is 11.3 Å². The molecule has 0 saturated heterocycles. The fourth-order valence-corrected chi connectivity index (χ4v) is 2.87. The zero-order valence-corrected chi connectivity index (χ0v) is 8.29. The van der Waals surface area contributed by atoms with Crippen molar-refractivity contribution in [1.82, 2.24) is 0 Å². The van der Waals surface area contributed by atoms with E-state index in [0.717, 1.165) is 32.1 Å². The van der Waals surface area contributed by atoms with Crippen molar-refractivity contribution in [3.8, 4) is 0 Å². The first-order valence-electron chi connectivity index (χ1n) is 5.39. The standard InChI is InChI=1S/C11H16O3/c12-7-8-6-9(13)11(10(8)14)4-2-1-3-5-11/h8,12H,1-7H2. The van der Waals surface area contributed by atoms with Gasteiger partial charge in [0.25, 0.3) is 0 Å². The summed E-state index contributed by atoms with van der Waals surface area (Å²) in [6, 6.07) is 0. The van der Waals surface area contributed by atoms with Crippen LogP contribution in [0.2, 0.25) is 0 Å². The lowest BCUT2D eigenvalue weighted by Crippen LogP contribution is -2.36. The van der Waals surface area contributed by atoms with Crippen LogP contribution in [-0.4, -0.2) is 23.3 Å². The van der Waals surface area contributed by atoms with Crippen LogP contribution >= 0.6 is 0 Å². The van der Waals surface area contributed by atoms with Crippen molar-refractivity contribution in [2.45, 2.75) is 38.5 Å². The van der Waals surface area contributed by atoms with E-state index >= 15 is 0 Å². The van der Waals surface area contributed by atoms with Gasteiger partial charge in [-0.3, -0.25) is 9.59 Å². The third-order valence-corrected chi connectivity index (χ3v) is 3.74. The monoisotopic (exact) mass is 196 g/mol. The second-order valence-electron chi connectivity index (χ2n) is 4.51. The van der Waals surface area contributed by atoms with Crippen molar-refractivity contribution >= 4 is 11.6 Å². The molecule has 2 fully saturated rings. The lowest BCUT2D eigenvalue weighted by molar-refractivity contribution is -0.138. The van der Waals surface area contributed by atoms with Gasteiger partial charge < -0.3 is 5.11 Å². The SMILES string of the molecule is O=C1CC(CO)C(=O)C12CCCCC2. The van der Waals surface area contributed by atoms with Gasteiger partial charge in [0.1, 0.15) is 5.78 Å². The first-order chi connectivity index (χ1) is 6.70. The Hall–Kier alpha value is -0.700. The van der Waals surface area contributed by atoms with Crippen LogP contribution in [-0.2, 0) is 9.59 Å². The summed E-state index contributed by atoms with van der Waals surface area (Å²) in [6.07, 6.45) is 4.81. The van der Waals surface area contributed by atoms with Gasteiger partial charge in [-0.25, -0.2) is 0 Å². The zero-order valence-electron chi connectivity index (χ0n) is 8.29. The third-order valence-electron chi connectivity index (χ3n) is 3.74. The van der Waals surface area contributed by atoms with Gasteiger partial charge in [-0.15, -0.1) is 0 Å². The van der Waals surface area contributed by atoms with Crippen molar-refractivity contribution in [3.63, 3.8) is 0 Å². The zero-order chi connectivity index (χ0) is 10.2. The van der Waals surface area contributed by atoms with E-state index in [0.29, 0.717) is 0 Å². The van der Waals surface area contributed by atoms with Gasteiger partial charge in [0.05, 0.1) is 12.0 Å². The van der Waals surface area contributed by atoms with E-state index in [1.807, 2.05) is 0 Å². The highest BCUT2D eigenvalue weighted by atomic mass is 16.3. The quantitative estimate of drug-likeness (QED) is 0.639. The van der Waals surface area contributed by atoms with Gasteiger partial charge in [0, 0.05) is 12.3 Å². The van der Waals surface area contributed by atoms with Crippen molar-refractivity contribution < 1.29 is 14.7 Å². The first-order valence-corrected chi connectivity index (χ1v) is 5.39. The summed E-state index contributed by atoms with van der Waals surface area (Å²) in [5.41, 5.74) is -0.675. The number of hydrogen-bond acceptors (Lipinski definition) is 3. The summed E-state index contributed by atoms with van der Waals surface area (Å²) in [4.78, 5) is 23.7. The Balaban J connectivity index is 2.25. The van der Waals surface area contributed by atoms with Crippen LogP contribution in [0.15, 0.2) is 0 Å². The summed E-state index contributed by atoms with van der Waals surface area (Å²) in [5.74, 6) is -0.299. The minimum Gasteiger partial charge on any atom is -0.396 e. The van der Waals surface area contributed by atoms with Crippen molar-refractivity contribution in [1.29, 1.82) is 0 Å². The molecule has 2 aliphatic carbocycles. The molecule has 1 spiro atoms. The molecule has 2 saturated carbocycles. The predicted octanol–water partition coefficient (Wildman–Crippen LogP) is 1.09. The van der Waals surface area contributed by atoms with Crippen LogP contribution in [0.5, 0.6) is 0 Å². The van der Waals surface area contributed by atoms with Crippen molar-refractivity contribution in [2.75, 3.05) is 6.61 Å². The molecule has 14 heavy (non-hydrogen) atoms. The van der Waals surface area contributed by atoms with Gasteiger partial charge in [-0.05, 0) is 12.8 Å². The lowest BCUT2D eigenvalue weighted by Gasteiger charge is -2.30. The normalized spacial score (nSPS) is 31.4. The highest BCUT2D eigenvalue weighted by molar-refractivity contribution is 6.14. The molecule has 0 aromatic carbocycles. The molecule has 3 nitrogen and oxygen atoms in total. The average molecular weight is 196 g/mol. The summed E-state index contributed by atoms with van der Waals surface area (Å²) in [6.45, 7) is -0.160. The first kappa shape index (κ1) is 9.84. The number of Topliss-reactive ketones (excluding diaryl/α,β-unsaturated/α-hetero) is 2. The van der Waals surface area contributed by atoms with Gasteiger partial charge in [-0.1, -0.05) is 19.3 Å². The molecule has 0 bridgehead atoms. The highest BCUT2D eigenvalue weighted by Crippen LogP contribution is 2.46. The maximum absolute atomic E-state index is 11.9. The number of carbonyl (C=O) groups is 2. The second kappa shape index (κ2) is 3.46. The number of rotatable bonds is 1. The summed E-state index contributed by atoms with van der Waals surface area (Å²) < 4.78 is 0. The minimum atomic E-state index is -0.675. The van der Waals surface area contributed by atoms with E-state index in [-0.39, 0.29) is 24.6 Å². The molecular weight excluding hydrogens is 180 g/mol. The molecule has 1 N–H and O–H groups in total. The van der Waals surface area contributed by atoms with Crippen LogP contribution in [0.25, 0.3) is 0 Å². The van der Waals surface area contributed by atoms with Crippen molar-refractivity contribution in [2.24, 2.45) is 11.3 Å². The Morgan fingerprint density at radius 3 is 2.36 bits per heavy atom. The van der Waals surface area contributed by atoms with Crippen LogP contribution in [0.3, 0.4) is 0 Å². The number of ketones is 2. The molecule has 3 heteroatoms. The molecule has 78 valence electrons. The van der Waals surface area contributed by atoms with Crippen LogP contribution in [0.1, 0.15) is 38.5 Å². The minimum absolute atomic E-state index is 0.0182. The Bertz CT molecular complexity index is 264. The Morgan fingerprint density at radius 2 is 1.86 bits per heavy atom. The van der Waals surface area contributed by atoms with E-state index in [9.17, 15) is 9.59 Å². The van der Waals surface area contributed by atoms with E-state index in [2.05, 4.69) is 0 Å². The number of aliphatic hydroxyl groups is 1. The molecule has 1 atom stereocenters. The van der Waals surface area contributed by atoms with Gasteiger partial charge in [0.2, 0.25) is 0 Å². The molecular formula is C11H16O3. The Morgan fingerprint density at radius 1 is 1.21 bits per heavy atom. The molecule has 0 amide bonds. The molecule has 0 heterocycles. The number of hydrogen-bond donors (Lipinski definition) is 1. The molecule has 0 aliphatic heterocycles. The summed E-state index contributed by atoms with van der Waals surface area (Å²) in [5, 5.41) is 9.00. The van der Waals surface area contributed by atoms with Crippen LogP contribution in [0.4, 0.5) is 0 Å². The molecule has 0 radical (unpaired) electrons. The predicted molar refractivity (Wildman–Crippen MR) is 50.7 cm³/mol. The van der Waals surface area contributed by atoms with E-state index in [1.165, 1.54) is 0 Å². The van der Waals surface area contributed by atoms with E-state index < -0.39 is 11.3 Å². The van der Waals surface area contributed by atoms with Gasteiger partial charge in [-0.2, -0.15) is 0 Å². The lowest BCUT2D eigenvalue weighted by atomic mass is 9.71. The van der Waals surface area contributed by atoms with Crippen molar-refractivity contribution in [3.05, 3.63) is 0 Å². The number of carbonyl (C=O) groups excluding carboxylic acids is 2. The average Bonchev–Trinajstić information content (AvgIpc) is 2.45. The highest BCUT2D eigenvalue weighted by Gasteiger charge is 2.53. The van der Waals surface area contributed by atoms with E-state index in [4.69, 9.17) is 5.11 Å². The maximum atomic E-state index is 11.9. The largest absolute Gasteiger partial charge is 0.396 e. The smallest absolute Gasteiger partial charge is 0.152 e. The molecule has 2 rings (SSSR count). The van der Waals surface area contributed by atoms with E-state index in [1.54, 1.807) is 0 Å². The third kappa shape index (κ3) is 1.22. The maximum Gasteiger partial charge on any atom is 0.152 e. The molecule has 2 aliphatic rings. The molecule has 0 aromatic heterocycles. The Kier molecular flexibility index (Phi) is 2.43. The summed E-state index contributed by atoms with van der Waals surface area (Å²) >= 11 is 0. The fourth-order valence-electron chi connectivity index (χ4n) is 2.87. The summed E-state index contributed by atoms with van der Waals surface area (Å²) in [7, 11) is 0. The second-order valence-corrected chi connectivity index (χ2v) is 4.51. The van der Waals surface area contributed by atoms with Gasteiger partial charge in [0.15, 0.2) is 5.78 Å².